The number of nitrogens with zero attached hydrogens (tertiary/aromatic N) is 6. The Morgan fingerprint density at radius 1 is 1.14 bits per heavy atom. The van der Waals surface area contributed by atoms with Gasteiger partial charge >= 0.3 is 0 Å². The molecular weight excluding hydrogens is 490 g/mol. The van der Waals surface area contributed by atoms with Gasteiger partial charge < -0.3 is 15.0 Å². The summed E-state index contributed by atoms with van der Waals surface area (Å²) in [6.45, 7) is 2.54. The molecule has 1 saturated heterocycles. The molecule has 1 radical (unpaired) electrons. The van der Waals surface area contributed by atoms with Crippen LogP contribution in [0.15, 0.2) is 61.3 Å². The van der Waals surface area contributed by atoms with Crippen molar-refractivity contribution in [1.29, 1.82) is 0 Å². The summed E-state index contributed by atoms with van der Waals surface area (Å²) in [6.07, 6.45) is 8.64. The second kappa shape index (κ2) is 10.3. The number of aromatic nitrogens is 5. The van der Waals surface area contributed by atoms with Gasteiger partial charge in [-0.15, -0.1) is 0 Å². The lowest BCUT2D eigenvalue weighted by atomic mass is 10.0. The number of ether oxygens (including phenoxy) is 1. The molecule has 37 heavy (non-hydrogen) atoms. The molecule has 10 heteroatoms. The topological polar surface area (TPSA) is 98.1 Å². The third-order valence-electron chi connectivity index (χ3n) is 6.68. The van der Waals surface area contributed by atoms with Gasteiger partial charge in [0.1, 0.15) is 12.7 Å². The van der Waals surface area contributed by atoms with Crippen molar-refractivity contribution in [3.8, 4) is 16.9 Å². The first-order valence-corrected chi connectivity index (χ1v) is 12.6. The zero-order chi connectivity index (χ0) is 25.2. The third kappa shape index (κ3) is 5.05. The number of hydrogen-bond donors (Lipinski definition) is 1. The Bertz CT molecular complexity index is 1400. The minimum absolute atomic E-state index is 0.00179. The van der Waals surface area contributed by atoms with E-state index in [1.165, 1.54) is 6.33 Å². The van der Waals surface area contributed by atoms with E-state index in [0.717, 1.165) is 48.4 Å². The molecule has 1 amide bonds. The van der Waals surface area contributed by atoms with Crippen molar-refractivity contribution in [3.63, 3.8) is 0 Å². The molecule has 0 unspecified atom stereocenters. The van der Waals surface area contributed by atoms with Crippen LogP contribution in [0.1, 0.15) is 34.3 Å². The number of rotatable bonds is 7. The summed E-state index contributed by atoms with van der Waals surface area (Å²) in [7, 11) is 0. The number of fused-ring (bicyclic) bond motifs is 1. The zero-order valence-corrected chi connectivity index (χ0v) is 20.8. The fraction of sp³-hybridized carbons (Fsp3) is 0.259. The maximum Gasteiger partial charge on any atom is 0.254 e. The van der Waals surface area contributed by atoms with E-state index < -0.39 is 0 Å². The molecule has 0 bridgehead atoms. The summed E-state index contributed by atoms with van der Waals surface area (Å²) in [5, 5.41) is 7.97. The molecule has 2 aromatic heterocycles. The number of nitrogens with one attached hydrogen (secondary N) is 1. The summed E-state index contributed by atoms with van der Waals surface area (Å²) in [5.74, 6) is 0.530. The molecule has 0 saturated carbocycles. The Kier molecular flexibility index (Phi) is 6.55. The van der Waals surface area contributed by atoms with Gasteiger partial charge in [-0.2, -0.15) is 5.10 Å². The zero-order valence-electron chi connectivity index (χ0n) is 20.0. The molecule has 2 aliphatic heterocycles. The molecule has 187 valence electrons. The van der Waals surface area contributed by atoms with Crippen molar-refractivity contribution >= 4 is 23.5 Å². The van der Waals surface area contributed by atoms with Crippen LogP contribution in [0.3, 0.4) is 0 Å². The molecule has 2 aliphatic rings. The highest BCUT2D eigenvalue weighted by atomic mass is 35.5. The van der Waals surface area contributed by atoms with Crippen LogP contribution < -0.4 is 5.32 Å². The highest BCUT2D eigenvalue weighted by Gasteiger charge is 2.28. The van der Waals surface area contributed by atoms with Crippen molar-refractivity contribution in [3.05, 3.63) is 89.4 Å². The van der Waals surface area contributed by atoms with E-state index in [1.807, 2.05) is 53.8 Å². The summed E-state index contributed by atoms with van der Waals surface area (Å²) in [6, 6.07) is 14.1. The van der Waals surface area contributed by atoms with Gasteiger partial charge in [-0.25, -0.2) is 19.6 Å². The first kappa shape index (κ1) is 23.6. The van der Waals surface area contributed by atoms with E-state index in [-0.39, 0.29) is 11.9 Å². The van der Waals surface area contributed by atoms with Crippen molar-refractivity contribution in [2.45, 2.75) is 25.4 Å². The smallest absolute Gasteiger partial charge is 0.254 e. The predicted octanol–water partition coefficient (Wildman–Crippen LogP) is 4.18. The number of carbonyl (C=O) groups excluding carboxylic acids is 1. The fourth-order valence-electron chi connectivity index (χ4n) is 4.64. The number of amides is 1. The maximum atomic E-state index is 13.2. The van der Waals surface area contributed by atoms with E-state index >= 15 is 0 Å². The minimum atomic E-state index is -0.00179. The highest BCUT2D eigenvalue weighted by molar-refractivity contribution is 6.33. The highest BCUT2D eigenvalue weighted by Crippen LogP contribution is 2.32. The van der Waals surface area contributed by atoms with Gasteiger partial charge in [0, 0.05) is 49.9 Å². The Morgan fingerprint density at radius 2 is 1.97 bits per heavy atom. The van der Waals surface area contributed by atoms with Crippen LogP contribution in [0.5, 0.6) is 0 Å². The molecule has 0 atom stereocenters. The summed E-state index contributed by atoms with van der Waals surface area (Å²) in [5.41, 5.74) is 5.05. The standard InChI is InChI=1S/C27H25ClN7O2/c28-24-14-30-27(32-21-8-11-37-12-9-21)33-25(24)19-3-4-20-15-34(26(36)23(20)13-19)10-7-18-1-5-22(6-2-18)35-17-29-16-31-35/h1-7,13-14,16-17,21H,8-12,15H2,(H,30,32,33). The predicted molar refractivity (Wildman–Crippen MR) is 139 cm³/mol. The van der Waals surface area contributed by atoms with Gasteiger partial charge in [-0.05, 0) is 42.2 Å². The molecule has 4 aromatic rings. The van der Waals surface area contributed by atoms with E-state index in [0.29, 0.717) is 35.3 Å². The van der Waals surface area contributed by atoms with Crippen LogP contribution in [0.4, 0.5) is 5.95 Å². The molecule has 2 aromatic carbocycles. The average Bonchev–Trinajstić information content (AvgIpc) is 3.58. The summed E-state index contributed by atoms with van der Waals surface area (Å²) >= 11 is 6.47. The average molecular weight is 515 g/mol. The van der Waals surface area contributed by atoms with Gasteiger partial charge in [0.15, 0.2) is 0 Å². The molecule has 1 fully saturated rings. The van der Waals surface area contributed by atoms with Crippen LogP contribution in [0.2, 0.25) is 5.02 Å². The largest absolute Gasteiger partial charge is 0.381 e. The van der Waals surface area contributed by atoms with Gasteiger partial charge in [-0.3, -0.25) is 4.79 Å². The van der Waals surface area contributed by atoms with E-state index in [9.17, 15) is 4.79 Å². The third-order valence-corrected chi connectivity index (χ3v) is 6.96. The quantitative estimate of drug-likeness (QED) is 0.395. The van der Waals surface area contributed by atoms with Crippen molar-refractivity contribution in [1.82, 2.24) is 29.6 Å². The number of benzene rings is 2. The van der Waals surface area contributed by atoms with Crippen molar-refractivity contribution < 1.29 is 9.53 Å². The molecule has 4 heterocycles. The molecule has 9 nitrogen and oxygen atoms in total. The lowest BCUT2D eigenvalue weighted by Crippen LogP contribution is -2.28. The van der Waals surface area contributed by atoms with Crippen LogP contribution in [-0.4, -0.2) is 61.3 Å². The Labute approximate surface area is 219 Å². The van der Waals surface area contributed by atoms with Crippen molar-refractivity contribution in [2.75, 3.05) is 25.1 Å². The van der Waals surface area contributed by atoms with Gasteiger partial charge in [0.25, 0.3) is 5.91 Å². The first-order valence-electron chi connectivity index (χ1n) is 12.2. The van der Waals surface area contributed by atoms with Gasteiger partial charge in [-0.1, -0.05) is 35.9 Å². The lowest BCUT2D eigenvalue weighted by Gasteiger charge is -2.23. The summed E-state index contributed by atoms with van der Waals surface area (Å²) in [4.78, 5) is 28.1. The van der Waals surface area contributed by atoms with Gasteiger partial charge in [0.2, 0.25) is 5.95 Å². The van der Waals surface area contributed by atoms with Crippen LogP contribution >= 0.6 is 11.6 Å². The second-order valence-electron chi connectivity index (χ2n) is 9.11. The monoisotopic (exact) mass is 514 g/mol. The molecule has 6 rings (SSSR count). The number of carbonyl (C=O) groups is 1. The minimum Gasteiger partial charge on any atom is -0.381 e. The van der Waals surface area contributed by atoms with Crippen LogP contribution in [0, 0.1) is 6.42 Å². The lowest BCUT2D eigenvalue weighted by molar-refractivity contribution is 0.0792. The molecule has 0 spiro atoms. The molecular formula is C27H25ClN7O2. The summed E-state index contributed by atoms with van der Waals surface area (Å²) < 4.78 is 7.13. The van der Waals surface area contributed by atoms with Crippen molar-refractivity contribution in [2.24, 2.45) is 0 Å². The Balaban J connectivity index is 1.14. The maximum absolute atomic E-state index is 13.2. The number of halogens is 1. The van der Waals surface area contributed by atoms with Crippen LogP contribution in [-0.2, 0) is 11.3 Å². The normalized spacial score (nSPS) is 15.7. The Hall–Kier alpha value is -3.82. The first-order chi connectivity index (χ1) is 18.1. The number of hydrogen-bond acceptors (Lipinski definition) is 7. The Morgan fingerprint density at radius 3 is 2.76 bits per heavy atom. The molecule has 1 N–H and O–H groups in total. The van der Waals surface area contributed by atoms with Gasteiger partial charge in [0.05, 0.1) is 22.6 Å². The van der Waals surface area contributed by atoms with Crippen LogP contribution in [0.25, 0.3) is 16.9 Å². The van der Waals surface area contributed by atoms with E-state index in [2.05, 4.69) is 25.4 Å². The van der Waals surface area contributed by atoms with E-state index in [4.69, 9.17) is 16.3 Å². The SMILES string of the molecule is O=C1c2cc(-c3nc(NC4CCOCC4)ncc3Cl)ccc2CN1C[CH]c1ccc(-n2cncn2)cc1. The second-order valence-corrected chi connectivity index (χ2v) is 9.52. The number of anilines is 1. The molecule has 0 aliphatic carbocycles. The fourth-order valence-corrected chi connectivity index (χ4v) is 4.84. The van der Waals surface area contributed by atoms with E-state index in [1.54, 1.807) is 17.2 Å².